The molecule has 0 aromatic heterocycles. The minimum atomic E-state index is -3.46. The molecule has 4 N–H and O–H groups in total. The Bertz CT molecular complexity index is 342. The zero-order chi connectivity index (χ0) is 16.3. The van der Waals surface area contributed by atoms with Crippen molar-refractivity contribution in [3.05, 3.63) is 0 Å². The summed E-state index contributed by atoms with van der Waals surface area (Å²) in [6.45, 7) is 0.242. The molecule has 9 heteroatoms. The van der Waals surface area contributed by atoms with E-state index in [9.17, 15) is 14.8 Å². The minimum Gasteiger partial charge on any atom is -0.396 e. The second-order valence-electron chi connectivity index (χ2n) is 4.72. The van der Waals surface area contributed by atoms with Crippen molar-refractivity contribution in [2.45, 2.75) is 45.8 Å². The van der Waals surface area contributed by atoms with Crippen LogP contribution in [0.4, 0.5) is 0 Å². The fourth-order valence-corrected chi connectivity index (χ4v) is 2.96. The Morgan fingerprint density at radius 3 is 2.62 bits per heavy atom. The number of unbranched alkanes of at least 4 members (excludes halogenated alkanes) is 1. The number of rotatable bonds is 12. The first kappa shape index (κ1) is 20.9. The number of carbonyl (C=O) groups excluding carboxylic acids is 1. The van der Waals surface area contributed by atoms with E-state index in [1.54, 1.807) is 6.92 Å². The smallest absolute Gasteiger partial charge is 0.326 e. The average molecular weight is 343 g/mol. The van der Waals surface area contributed by atoms with Crippen molar-refractivity contribution in [3.63, 3.8) is 0 Å². The standard InChI is InChI=1S/C12H26NO6PS/c1-3-12(16)13-7-5-4-6-11(8-14)9-18-20(17,21)19-10(2)15/h10-11,14-15H,3-9H2,1-2H3,(H,13,16)(H,17,21). The van der Waals surface area contributed by atoms with E-state index in [0.717, 1.165) is 12.8 Å². The summed E-state index contributed by atoms with van der Waals surface area (Å²) in [5.74, 6) is -0.146. The molecule has 7 nitrogen and oxygen atoms in total. The van der Waals surface area contributed by atoms with Crippen molar-refractivity contribution < 1.29 is 28.9 Å². The Kier molecular flexibility index (Phi) is 11.4. The van der Waals surface area contributed by atoms with Gasteiger partial charge < -0.3 is 24.9 Å². The predicted octanol–water partition coefficient (Wildman–Crippen LogP) is 0.880. The molecule has 0 rings (SSSR count). The van der Waals surface area contributed by atoms with Crippen LogP contribution in [-0.4, -0.2) is 47.1 Å². The monoisotopic (exact) mass is 343 g/mol. The van der Waals surface area contributed by atoms with Crippen LogP contribution in [0.25, 0.3) is 0 Å². The van der Waals surface area contributed by atoms with Crippen LogP contribution in [0.3, 0.4) is 0 Å². The number of aliphatic hydroxyl groups is 2. The summed E-state index contributed by atoms with van der Waals surface area (Å²) in [6, 6.07) is 0. The fraction of sp³-hybridized carbons (Fsp3) is 0.917. The summed E-state index contributed by atoms with van der Waals surface area (Å²) in [6.07, 6.45) is 1.57. The molecule has 0 aliphatic rings. The van der Waals surface area contributed by atoms with E-state index >= 15 is 0 Å². The molecule has 0 aliphatic carbocycles. The highest BCUT2D eigenvalue weighted by molar-refractivity contribution is 8.07. The van der Waals surface area contributed by atoms with Gasteiger partial charge in [0.25, 0.3) is 0 Å². The second-order valence-corrected chi connectivity index (χ2v) is 7.51. The van der Waals surface area contributed by atoms with Crippen molar-refractivity contribution in [2.24, 2.45) is 5.92 Å². The predicted molar refractivity (Wildman–Crippen MR) is 82.9 cm³/mol. The van der Waals surface area contributed by atoms with Gasteiger partial charge in [0.1, 0.15) is 0 Å². The van der Waals surface area contributed by atoms with Gasteiger partial charge in [-0.3, -0.25) is 9.32 Å². The largest absolute Gasteiger partial charge is 0.396 e. The van der Waals surface area contributed by atoms with Gasteiger partial charge in [-0.1, -0.05) is 13.3 Å². The fourth-order valence-electron chi connectivity index (χ4n) is 1.56. The van der Waals surface area contributed by atoms with E-state index in [0.29, 0.717) is 19.4 Å². The molecule has 3 atom stereocenters. The molecular formula is C12H26NO6PS. The highest BCUT2D eigenvalue weighted by atomic mass is 32.5. The molecule has 0 heterocycles. The summed E-state index contributed by atoms with van der Waals surface area (Å²) in [4.78, 5) is 20.6. The topological polar surface area (TPSA) is 108 Å². The van der Waals surface area contributed by atoms with Gasteiger partial charge in [0.2, 0.25) is 5.91 Å². The van der Waals surface area contributed by atoms with Crippen LogP contribution in [-0.2, 0) is 25.6 Å². The maximum absolute atomic E-state index is 11.0. The van der Waals surface area contributed by atoms with Gasteiger partial charge in [-0.15, -0.1) is 0 Å². The highest BCUT2D eigenvalue weighted by Gasteiger charge is 2.20. The Morgan fingerprint density at radius 2 is 2.10 bits per heavy atom. The van der Waals surface area contributed by atoms with E-state index in [-0.39, 0.29) is 25.0 Å². The van der Waals surface area contributed by atoms with Gasteiger partial charge in [-0.2, -0.15) is 0 Å². The molecule has 0 spiro atoms. The van der Waals surface area contributed by atoms with Crippen LogP contribution >= 0.6 is 6.72 Å². The lowest BCUT2D eigenvalue weighted by atomic mass is 10.0. The second kappa shape index (κ2) is 11.5. The summed E-state index contributed by atoms with van der Waals surface area (Å²) in [7, 11) is 0. The first-order valence-electron chi connectivity index (χ1n) is 7.02. The molecule has 3 unspecified atom stereocenters. The summed E-state index contributed by atoms with van der Waals surface area (Å²) in [5.41, 5.74) is 0. The first-order chi connectivity index (χ1) is 9.80. The summed E-state index contributed by atoms with van der Waals surface area (Å²) >= 11 is 4.72. The number of hydrogen-bond donors (Lipinski definition) is 4. The maximum atomic E-state index is 11.0. The Labute approximate surface area is 130 Å². The van der Waals surface area contributed by atoms with E-state index in [1.165, 1.54) is 6.92 Å². The van der Waals surface area contributed by atoms with Crippen molar-refractivity contribution in [1.82, 2.24) is 5.32 Å². The van der Waals surface area contributed by atoms with Crippen molar-refractivity contribution in [3.8, 4) is 0 Å². The average Bonchev–Trinajstić information content (AvgIpc) is 2.40. The Hall–Kier alpha value is -0.0800. The third-order valence-electron chi connectivity index (χ3n) is 2.70. The number of aliphatic hydroxyl groups excluding tert-OH is 2. The lowest BCUT2D eigenvalue weighted by Gasteiger charge is -2.20. The Balaban J connectivity index is 3.85. The number of hydrogen-bond acceptors (Lipinski definition) is 6. The molecule has 0 bridgehead atoms. The van der Waals surface area contributed by atoms with Crippen LogP contribution in [0.5, 0.6) is 0 Å². The molecule has 126 valence electrons. The highest BCUT2D eigenvalue weighted by Crippen LogP contribution is 2.45. The van der Waals surface area contributed by atoms with Crippen molar-refractivity contribution in [1.29, 1.82) is 0 Å². The molecular weight excluding hydrogens is 317 g/mol. The van der Waals surface area contributed by atoms with Gasteiger partial charge in [-0.25, -0.2) is 0 Å². The zero-order valence-electron chi connectivity index (χ0n) is 12.5. The van der Waals surface area contributed by atoms with Crippen LogP contribution in [0, 0.1) is 5.92 Å². The molecule has 0 saturated heterocycles. The van der Waals surface area contributed by atoms with Gasteiger partial charge in [-0.05, 0) is 31.6 Å². The van der Waals surface area contributed by atoms with Crippen LogP contribution in [0.1, 0.15) is 39.5 Å². The number of carbonyl (C=O) groups is 1. The quantitative estimate of drug-likeness (QED) is 0.237. The summed E-state index contributed by atoms with van der Waals surface area (Å²) < 4.78 is 9.78. The molecule has 1 amide bonds. The van der Waals surface area contributed by atoms with E-state index < -0.39 is 13.0 Å². The lowest BCUT2D eigenvalue weighted by Crippen LogP contribution is -2.23. The lowest BCUT2D eigenvalue weighted by molar-refractivity contribution is -0.120. The van der Waals surface area contributed by atoms with Crippen molar-refractivity contribution in [2.75, 3.05) is 19.8 Å². The minimum absolute atomic E-state index is 0.0216. The molecule has 0 aliphatic heterocycles. The third kappa shape index (κ3) is 12.2. The SMILES string of the molecule is CCC(=O)NCCCCC(CO)COP(O)(=S)OC(C)O. The van der Waals surface area contributed by atoms with E-state index in [4.69, 9.17) is 26.0 Å². The maximum Gasteiger partial charge on any atom is 0.326 e. The molecule has 0 saturated carbocycles. The van der Waals surface area contributed by atoms with E-state index in [1.807, 2.05) is 0 Å². The van der Waals surface area contributed by atoms with Crippen LogP contribution < -0.4 is 5.32 Å². The number of nitrogens with one attached hydrogen (secondary N) is 1. The molecule has 0 fully saturated rings. The molecule has 0 radical (unpaired) electrons. The first-order valence-corrected chi connectivity index (χ1v) is 9.61. The molecule has 21 heavy (non-hydrogen) atoms. The van der Waals surface area contributed by atoms with E-state index in [2.05, 4.69) is 5.32 Å². The van der Waals surface area contributed by atoms with Gasteiger partial charge in [0.15, 0.2) is 6.29 Å². The normalized spacial score (nSPS) is 17.0. The van der Waals surface area contributed by atoms with Gasteiger partial charge >= 0.3 is 6.72 Å². The molecule has 0 aromatic carbocycles. The Morgan fingerprint density at radius 1 is 1.43 bits per heavy atom. The van der Waals surface area contributed by atoms with Crippen molar-refractivity contribution >= 4 is 24.4 Å². The number of amides is 1. The van der Waals surface area contributed by atoms with Gasteiger partial charge in [0.05, 0.1) is 6.61 Å². The zero-order valence-corrected chi connectivity index (χ0v) is 14.2. The van der Waals surface area contributed by atoms with Crippen LogP contribution in [0.15, 0.2) is 0 Å². The third-order valence-corrected chi connectivity index (χ3v) is 4.32. The van der Waals surface area contributed by atoms with Crippen LogP contribution in [0.2, 0.25) is 0 Å². The summed E-state index contributed by atoms with van der Waals surface area (Å²) in [5, 5.41) is 21.0. The van der Waals surface area contributed by atoms with Gasteiger partial charge in [0, 0.05) is 25.5 Å². The molecule has 0 aromatic rings.